The minimum atomic E-state index is -0.188. The maximum Gasteiger partial charge on any atom is 0.252 e. The van der Waals surface area contributed by atoms with Gasteiger partial charge in [0.1, 0.15) is 23.4 Å². The van der Waals surface area contributed by atoms with E-state index in [1.54, 1.807) is 11.3 Å². The molecule has 1 aromatic carbocycles. The van der Waals surface area contributed by atoms with Gasteiger partial charge in [-0.3, -0.25) is 4.79 Å². The predicted octanol–water partition coefficient (Wildman–Crippen LogP) is 1.52. The summed E-state index contributed by atoms with van der Waals surface area (Å²) in [6.45, 7) is 7.38. The zero-order valence-corrected chi connectivity index (χ0v) is 16.1. The first kappa shape index (κ1) is 17.6. The highest BCUT2D eigenvalue weighted by Gasteiger charge is 2.31. The first-order chi connectivity index (χ1) is 12.7. The van der Waals surface area contributed by atoms with Crippen LogP contribution in [0.5, 0.6) is 0 Å². The topological polar surface area (TPSA) is 46.9 Å². The molecule has 0 spiro atoms. The summed E-state index contributed by atoms with van der Waals surface area (Å²) in [6, 6.07) is 8.50. The Morgan fingerprint density at radius 3 is 2.96 bits per heavy atom. The number of hydrogen-bond acceptors (Lipinski definition) is 4. The Morgan fingerprint density at radius 1 is 1.38 bits per heavy atom. The SMILES string of the molecule is Cc1cccc(-c2nc(C[NH+]3CCN(C(=O)[C@@H]4CCCO4)CC3)cs2)c1. The van der Waals surface area contributed by atoms with E-state index in [1.165, 1.54) is 16.0 Å². The summed E-state index contributed by atoms with van der Waals surface area (Å²) in [5.74, 6) is 0.192. The van der Waals surface area contributed by atoms with Gasteiger partial charge in [-0.2, -0.15) is 0 Å². The second-order valence-electron chi connectivity index (χ2n) is 7.27. The largest absolute Gasteiger partial charge is 0.368 e. The van der Waals surface area contributed by atoms with Gasteiger partial charge in [-0.05, 0) is 25.8 Å². The van der Waals surface area contributed by atoms with E-state index in [-0.39, 0.29) is 12.0 Å². The summed E-state index contributed by atoms with van der Waals surface area (Å²) in [7, 11) is 0. The standard InChI is InChI=1S/C20H25N3O2S/c1-15-4-2-5-16(12-15)19-21-17(14-26-19)13-22-7-9-23(10-8-22)20(24)18-6-3-11-25-18/h2,4-5,12,14,18H,3,6-11,13H2,1H3/p+1/t18-/m0/s1. The van der Waals surface area contributed by atoms with Gasteiger partial charge in [-0.1, -0.05) is 23.8 Å². The number of amides is 1. The summed E-state index contributed by atoms with van der Waals surface area (Å²) in [5.41, 5.74) is 3.61. The maximum absolute atomic E-state index is 12.4. The number of rotatable bonds is 4. The highest BCUT2D eigenvalue weighted by atomic mass is 32.1. The Bertz CT molecular complexity index is 762. The van der Waals surface area contributed by atoms with Crippen LogP contribution < -0.4 is 4.90 Å². The zero-order chi connectivity index (χ0) is 17.9. The van der Waals surface area contributed by atoms with Gasteiger partial charge in [0.25, 0.3) is 5.91 Å². The molecule has 3 heterocycles. The van der Waals surface area contributed by atoms with Gasteiger partial charge in [0, 0.05) is 17.6 Å². The lowest BCUT2D eigenvalue weighted by Crippen LogP contribution is -3.13. The summed E-state index contributed by atoms with van der Waals surface area (Å²) in [4.78, 5) is 20.8. The molecule has 2 fully saturated rings. The number of hydrogen-bond donors (Lipinski definition) is 1. The van der Waals surface area contributed by atoms with Crippen LogP contribution in [0.15, 0.2) is 29.6 Å². The number of carbonyl (C=O) groups is 1. The molecule has 1 N–H and O–H groups in total. The molecule has 26 heavy (non-hydrogen) atoms. The van der Waals surface area contributed by atoms with Gasteiger partial charge in [-0.25, -0.2) is 4.98 Å². The van der Waals surface area contributed by atoms with Gasteiger partial charge >= 0.3 is 0 Å². The lowest BCUT2D eigenvalue weighted by molar-refractivity contribution is -0.917. The molecule has 4 rings (SSSR count). The van der Waals surface area contributed by atoms with Crippen molar-refractivity contribution in [3.8, 4) is 10.6 Å². The quantitative estimate of drug-likeness (QED) is 0.885. The molecule has 0 aliphatic carbocycles. The van der Waals surface area contributed by atoms with Crippen molar-refractivity contribution in [3.05, 3.63) is 40.9 Å². The smallest absolute Gasteiger partial charge is 0.252 e. The number of benzene rings is 1. The van der Waals surface area contributed by atoms with Crippen molar-refractivity contribution in [2.75, 3.05) is 32.8 Å². The average molecular weight is 373 g/mol. The van der Waals surface area contributed by atoms with E-state index in [1.807, 2.05) is 4.90 Å². The van der Waals surface area contributed by atoms with E-state index in [9.17, 15) is 4.79 Å². The van der Waals surface area contributed by atoms with E-state index >= 15 is 0 Å². The molecule has 0 saturated carbocycles. The minimum Gasteiger partial charge on any atom is -0.368 e. The fraction of sp³-hybridized carbons (Fsp3) is 0.500. The van der Waals surface area contributed by atoms with Crippen LogP contribution in [0.3, 0.4) is 0 Å². The van der Waals surface area contributed by atoms with Crippen molar-refractivity contribution >= 4 is 17.2 Å². The number of carbonyl (C=O) groups excluding carboxylic acids is 1. The first-order valence-corrected chi connectivity index (χ1v) is 10.3. The second kappa shape index (κ2) is 7.86. The highest BCUT2D eigenvalue weighted by molar-refractivity contribution is 7.13. The van der Waals surface area contributed by atoms with Gasteiger partial charge in [-0.15, -0.1) is 11.3 Å². The molecular weight excluding hydrogens is 346 g/mol. The molecule has 0 radical (unpaired) electrons. The summed E-state index contributed by atoms with van der Waals surface area (Å²) >= 11 is 1.72. The fourth-order valence-corrected chi connectivity index (χ4v) is 4.57. The number of thiazole rings is 1. The second-order valence-corrected chi connectivity index (χ2v) is 8.13. The molecule has 0 unspecified atom stereocenters. The van der Waals surface area contributed by atoms with Crippen molar-refractivity contribution in [3.63, 3.8) is 0 Å². The van der Waals surface area contributed by atoms with Crippen molar-refractivity contribution in [2.45, 2.75) is 32.4 Å². The third-order valence-corrected chi connectivity index (χ3v) is 6.18. The number of quaternary nitrogens is 1. The molecular formula is C20H26N3O2S+. The lowest BCUT2D eigenvalue weighted by atomic mass is 10.1. The predicted molar refractivity (Wildman–Crippen MR) is 102 cm³/mol. The molecule has 0 bridgehead atoms. The van der Waals surface area contributed by atoms with Crippen LogP contribution in [0.2, 0.25) is 0 Å². The van der Waals surface area contributed by atoms with Crippen LogP contribution >= 0.6 is 11.3 Å². The van der Waals surface area contributed by atoms with Crippen LogP contribution in [-0.2, 0) is 16.1 Å². The van der Waals surface area contributed by atoms with Gasteiger partial charge < -0.3 is 14.5 Å². The molecule has 2 saturated heterocycles. The van der Waals surface area contributed by atoms with Crippen LogP contribution in [0.4, 0.5) is 0 Å². The molecule has 2 aromatic rings. The summed E-state index contributed by atoms with van der Waals surface area (Å²) < 4.78 is 5.54. The van der Waals surface area contributed by atoms with E-state index in [4.69, 9.17) is 9.72 Å². The fourth-order valence-electron chi connectivity index (χ4n) is 3.75. The number of nitrogens with one attached hydrogen (secondary N) is 1. The third kappa shape index (κ3) is 3.98. The van der Waals surface area contributed by atoms with Crippen LogP contribution in [0.25, 0.3) is 10.6 Å². The Labute approximate surface area is 158 Å². The average Bonchev–Trinajstić information content (AvgIpc) is 3.34. The Morgan fingerprint density at radius 2 is 2.23 bits per heavy atom. The lowest BCUT2D eigenvalue weighted by Gasteiger charge is -2.33. The molecule has 2 aliphatic rings. The van der Waals surface area contributed by atoms with Crippen LogP contribution in [-0.4, -0.2) is 54.7 Å². The Hall–Kier alpha value is -1.76. The number of aromatic nitrogens is 1. The van der Waals surface area contributed by atoms with Crippen molar-refractivity contribution < 1.29 is 14.4 Å². The van der Waals surface area contributed by atoms with Crippen LogP contribution in [0, 0.1) is 6.92 Å². The minimum absolute atomic E-state index is 0.188. The molecule has 1 aromatic heterocycles. The first-order valence-electron chi connectivity index (χ1n) is 9.44. The Kier molecular flexibility index (Phi) is 5.33. The van der Waals surface area contributed by atoms with Gasteiger partial charge in [0.2, 0.25) is 0 Å². The third-order valence-electron chi connectivity index (χ3n) is 5.24. The van der Waals surface area contributed by atoms with Crippen LogP contribution in [0.1, 0.15) is 24.1 Å². The highest BCUT2D eigenvalue weighted by Crippen LogP contribution is 2.24. The number of aryl methyl sites for hydroxylation is 1. The molecule has 1 atom stereocenters. The monoisotopic (exact) mass is 372 g/mol. The molecule has 6 heteroatoms. The molecule has 5 nitrogen and oxygen atoms in total. The number of ether oxygens (including phenoxy) is 1. The zero-order valence-electron chi connectivity index (χ0n) is 15.2. The van der Waals surface area contributed by atoms with E-state index < -0.39 is 0 Å². The van der Waals surface area contributed by atoms with E-state index in [2.05, 4.69) is 36.6 Å². The normalized spacial score (nSPS) is 21.3. The van der Waals surface area contributed by atoms with E-state index in [0.717, 1.165) is 62.9 Å². The van der Waals surface area contributed by atoms with Crippen molar-refractivity contribution in [1.82, 2.24) is 9.88 Å². The summed E-state index contributed by atoms with van der Waals surface area (Å²) in [6.07, 6.45) is 1.70. The summed E-state index contributed by atoms with van der Waals surface area (Å²) in [5, 5.41) is 3.27. The molecule has 138 valence electrons. The van der Waals surface area contributed by atoms with Gasteiger partial charge in [0.05, 0.1) is 26.2 Å². The molecule has 2 aliphatic heterocycles. The maximum atomic E-state index is 12.4. The Balaban J connectivity index is 1.31. The van der Waals surface area contributed by atoms with E-state index in [0.29, 0.717) is 0 Å². The van der Waals surface area contributed by atoms with Crippen molar-refractivity contribution in [2.24, 2.45) is 0 Å². The van der Waals surface area contributed by atoms with Gasteiger partial charge in [0.15, 0.2) is 0 Å². The number of piperazine rings is 1. The van der Waals surface area contributed by atoms with Crippen molar-refractivity contribution in [1.29, 1.82) is 0 Å². The number of nitrogens with zero attached hydrogens (tertiary/aromatic N) is 2. The molecule has 1 amide bonds.